The third-order valence-corrected chi connectivity index (χ3v) is 2.93. The van der Waals surface area contributed by atoms with Crippen LogP contribution in [0.15, 0.2) is 30.3 Å². The van der Waals surface area contributed by atoms with Gasteiger partial charge in [-0.2, -0.15) is 0 Å². The molecule has 0 aromatic heterocycles. The molecular formula is C15H25N. The molecule has 0 aliphatic heterocycles. The normalized spacial score (nSPS) is 13.0. The highest BCUT2D eigenvalue weighted by atomic mass is 14.9. The number of hydrogen-bond donors (Lipinski definition) is 1. The third kappa shape index (κ3) is 5.32. The summed E-state index contributed by atoms with van der Waals surface area (Å²) in [5.41, 5.74) is 1.46. The van der Waals surface area contributed by atoms with E-state index in [-0.39, 0.29) is 0 Å². The summed E-state index contributed by atoms with van der Waals surface area (Å²) in [5, 5.41) is 3.56. The molecule has 0 aliphatic rings. The van der Waals surface area contributed by atoms with Gasteiger partial charge in [-0.25, -0.2) is 0 Å². The Labute approximate surface area is 100 Å². The summed E-state index contributed by atoms with van der Waals surface area (Å²) < 4.78 is 0. The van der Waals surface area contributed by atoms with E-state index in [0.717, 1.165) is 24.9 Å². The first kappa shape index (κ1) is 13.2. The number of nitrogens with one attached hydrogen (secondary N) is 1. The minimum absolute atomic E-state index is 0.745. The van der Waals surface area contributed by atoms with Gasteiger partial charge >= 0.3 is 0 Å². The number of benzene rings is 1. The molecule has 0 amide bonds. The van der Waals surface area contributed by atoms with Crippen molar-refractivity contribution in [1.82, 2.24) is 5.32 Å². The van der Waals surface area contributed by atoms with Gasteiger partial charge in [0.25, 0.3) is 0 Å². The van der Waals surface area contributed by atoms with Crippen molar-refractivity contribution in [2.45, 2.75) is 33.6 Å². The predicted molar refractivity (Wildman–Crippen MR) is 71.6 cm³/mol. The van der Waals surface area contributed by atoms with Crippen LogP contribution in [0.2, 0.25) is 0 Å². The smallest absolute Gasteiger partial charge is 0.00173 e. The first-order valence-electron chi connectivity index (χ1n) is 6.47. The summed E-state index contributed by atoms with van der Waals surface area (Å²) in [7, 11) is 0. The van der Waals surface area contributed by atoms with Crippen LogP contribution in [-0.4, -0.2) is 13.1 Å². The molecule has 1 rings (SSSR count). The number of rotatable bonds is 7. The van der Waals surface area contributed by atoms with Gasteiger partial charge in [-0.1, -0.05) is 57.5 Å². The van der Waals surface area contributed by atoms with Crippen LogP contribution < -0.4 is 5.32 Å². The van der Waals surface area contributed by atoms with Gasteiger partial charge in [-0.3, -0.25) is 0 Å². The summed E-state index contributed by atoms with van der Waals surface area (Å²) in [5.74, 6) is 1.51. The van der Waals surface area contributed by atoms with Crippen LogP contribution in [0.25, 0.3) is 0 Å². The average Bonchev–Trinajstić information content (AvgIpc) is 2.28. The molecule has 0 saturated heterocycles. The molecular weight excluding hydrogens is 194 g/mol. The minimum Gasteiger partial charge on any atom is -0.316 e. The summed E-state index contributed by atoms with van der Waals surface area (Å²) in [6.45, 7) is 9.07. The lowest BCUT2D eigenvalue weighted by atomic mass is 9.97. The van der Waals surface area contributed by atoms with Crippen molar-refractivity contribution in [2.75, 3.05) is 13.1 Å². The zero-order valence-corrected chi connectivity index (χ0v) is 10.9. The van der Waals surface area contributed by atoms with Crippen LogP contribution in [0.3, 0.4) is 0 Å². The highest BCUT2D eigenvalue weighted by Crippen LogP contribution is 2.11. The lowest BCUT2D eigenvalue weighted by Gasteiger charge is -2.16. The standard InChI is InChI=1S/C15H25N/c1-4-14(12-16-11-13(2)3)10-15-8-6-5-7-9-15/h5-9,13-14,16H,4,10-12H2,1-3H3. The second-order valence-electron chi connectivity index (χ2n) is 5.02. The molecule has 0 saturated carbocycles. The predicted octanol–water partition coefficient (Wildman–Crippen LogP) is 3.50. The fourth-order valence-corrected chi connectivity index (χ4v) is 1.88. The summed E-state index contributed by atoms with van der Waals surface area (Å²) in [6.07, 6.45) is 2.45. The van der Waals surface area contributed by atoms with Gasteiger partial charge in [-0.15, -0.1) is 0 Å². The Bertz CT molecular complexity index is 266. The van der Waals surface area contributed by atoms with Crippen LogP contribution in [0, 0.1) is 11.8 Å². The molecule has 0 heterocycles. The molecule has 1 atom stereocenters. The summed E-state index contributed by atoms with van der Waals surface area (Å²) in [6, 6.07) is 10.8. The van der Waals surface area contributed by atoms with Gasteiger partial charge in [-0.05, 0) is 36.9 Å². The van der Waals surface area contributed by atoms with Crippen molar-refractivity contribution in [1.29, 1.82) is 0 Å². The molecule has 0 bridgehead atoms. The monoisotopic (exact) mass is 219 g/mol. The maximum Gasteiger partial charge on any atom is -0.00173 e. The Hall–Kier alpha value is -0.820. The second-order valence-corrected chi connectivity index (χ2v) is 5.02. The Morgan fingerprint density at radius 3 is 2.31 bits per heavy atom. The van der Waals surface area contributed by atoms with Crippen LogP contribution in [0.4, 0.5) is 0 Å². The molecule has 0 spiro atoms. The van der Waals surface area contributed by atoms with Crippen molar-refractivity contribution >= 4 is 0 Å². The molecule has 0 aliphatic carbocycles. The Morgan fingerprint density at radius 1 is 1.06 bits per heavy atom. The van der Waals surface area contributed by atoms with Crippen LogP contribution >= 0.6 is 0 Å². The fraction of sp³-hybridized carbons (Fsp3) is 0.600. The summed E-state index contributed by atoms with van der Waals surface area (Å²) >= 11 is 0. The largest absolute Gasteiger partial charge is 0.316 e. The van der Waals surface area contributed by atoms with Crippen molar-refractivity contribution in [3.63, 3.8) is 0 Å². The van der Waals surface area contributed by atoms with E-state index in [0.29, 0.717) is 0 Å². The molecule has 0 fully saturated rings. The molecule has 1 N–H and O–H groups in total. The highest BCUT2D eigenvalue weighted by Gasteiger charge is 2.07. The minimum atomic E-state index is 0.745. The van der Waals surface area contributed by atoms with Crippen molar-refractivity contribution in [3.8, 4) is 0 Å². The summed E-state index contributed by atoms with van der Waals surface area (Å²) in [4.78, 5) is 0. The van der Waals surface area contributed by atoms with Gasteiger partial charge in [0.2, 0.25) is 0 Å². The quantitative estimate of drug-likeness (QED) is 0.740. The van der Waals surface area contributed by atoms with E-state index in [2.05, 4.69) is 56.4 Å². The molecule has 1 heteroatoms. The van der Waals surface area contributed by atoms with Crippen molar-refractivity contribution in [2.24, 2.45) is 11.8 Å². The molecule has 16 heavy (non-hydrogen) atoms. The van der Waals surface area contributed by atoms with E-state index in [4.69, 9.17) is 0 Å². The molecule has 0 radical (unpaired) electrons. The molecule has 1 unspecified atom stereocenters. The maximum absolute atomic E-state index is 3.56. The Balaban J connectivity index is 2.32. The average molecular weight is 219 g/mol. The van der Waals surface area contributed by atoms with E-state index in [1.807, 2.05) is 0 Å². The Kier molecular flexibility index (Phi) is 6.17. The zero-order valence-electron chi connectivity index (χ0n) is 10.9. The van der Waals surface area contributed by atoms with Gasteiger partial charge in [0.05, 0.1) is 0 Å². The van der Waals surface area contributed by atoms with Gasteiger partial charge in [0.1, 0.15) is 0 Å². The molecule has 90 valence electrons. The Morgan fingerprint density at radius 2 is 1.75 bits per heavy atom. The topological polar surface area (TPSA) is 12.0 Å². The van der Waals surface area contributed by atoms with Crippen molar-refractivity contribution < 1.29 is 0 Å². The van der Waals surface area contributed by atoms with Crippen LogP contribution in [-0.2, 0) is 6.42 Å². The van der Waals surface area contributed by atoms with E-state index < -0.39 is 0 Å². The van der Waals surface area contributed by atoms with Gasteiger partial charge in [0.15, 0.2) is 0 Å². The zero-order chi connectivity index (χ0) is 11.8. The maximum atomic E-state index is 3.56. The fourth-order valence-electron chi connectivity index (χ4n) is 1.88. The SMILES string of the molecule is CCC(CNCC(C)C)Cc1ccccc1. The van der Waals surface area contributed by atoms with Crippen LogP contribution in [0.5, 0.6) is 0 Å². The molecule has 1 aromatic rings. The van der Waals surface area contributed by atoms with E-state index in [9.17, 15) is 0 Å². The van der Waals surface area contributed by atoms with Gasteiger partial charge < -0.3 is 5.32 Å². The van der Waals surface area contributed by atoms with E-state index in [1.165, 1.54) is 18.4 Å². The highest BCUT2D eigenvalue weighted by molar-refractivity contribution is 5.15. The van der Waals surface area contributed by atoms with Crippen LogP contribution in [0.1, 0.15) is 32.8 Å². The number of hydrogen-bond acceptors (Lipinski definition) is 1. The molecule has 1 aromatic carbocycles. The third-order valence-electron chi connectivity index (χ3n) is 2.93. The first-order valence-corrected chi connectivity index (χ1v) is 6.47. The molecule has 1 nitrogen and oxygen atoms in total. The lowest BCUT2D eigenvalue weighted by molar-refractivity contribution is 0.437. The van der Waals surface area contributed by atoms with E-state index >= 15 is 0 Å². The lowest BCUT2D eigenvalue weighted by Crippen LogP contribution is -2.27. The first-order chi connectivity index (χ1) is 7.72. The van der Waals surface area contributed by atoms with Crippen molar-refractivity contribution in [3.05, 3.63) is 35.9 Å². The van der Waals surface area contributed by atoms with Gasteiger partial charge in [0, 0.05) is 0 Å². The second kappa shape index (κ2) is 7.45. The van der Waals surface area contributed by atoms with E-state index in [1.54, 1.807) is 0 Å².